The second kappa shape index (κ2) is 5.31. The van der Waals surface area contributed by atoms with Gasteiger partial charge in [0, 0.05) is 5.54 Å². The fraction of sp³-hybridized carbons (Fsp3) is 0.667. The highest BCUT2D eigenvalue weighted by molar-refractivity contribution is 5.78. The van der Waals surface area contributed by atoms with Gasteiger partial charge < -0.3 is 15.1 Å². The van der Waals surface area contributed by atoms with E-state index in [-0.39, 0.29) is 24.0 Å². The normalized spacial score (nSPS) is 13.5. The number of carbonyl (C=O) groups excluding carboxylic acids is 1. The lowest BCUT2D eigenvalue weighted by Gasteiger charge is -2.20. The van der Waals surface area contributed by atoms with E-state index in [1.807, 2.05) is 34.6 Å². The quantitative estimate of drug-likeness (QED) is 0.836. The van der Waals surface area contributed by atoms with Gasteiger partial charge in [-0.3, -0.25) is 4.79 Å². The van der Waals surface area contributed by atoms with Crippen LogP contribution in [0, 0.1) is 6.92 Å². The number of carbonyl (C=O) groups is 1. The van der Waals surface area contributed by atoms with Crippen molar-refractivity contribution in [3.8, 4) is 0 Å². The molecule has 0 saturated heterocycles. The Bertz CT molecular complexity index is 379. The molecule has 0 fully saturated rings. The lowest BCUT2D eigenvalue weighted by Crippen LogP contribution is -2.43. The summed E-state index contributed by atoms with van der Waals surface area (Å²) in [6.07, 6.45) is 1.64. The van der Waals surface area contributed by atoms with E-state index in [4.69, 9.17) is 4.42 Å². The first-order valence-corrected chi connectivity index (χ1v) is 5.74. The van der Waals surface area contributed by atoms with Gasteiger partial charge >= 0.3 is 0 Å². The second-order valence-electron chi connectivity index (χ2n) is 5.20. The number of rotatable bonds is 4. The van der Waals surface area contributed by atoms with Crippen LogP contribution in [0.15, 0.2) is 10.6 Å². The van der Waals surface area contributed by atoms with E-state index in [1.54, 1.807) is 6.20 Å². The highest BCUT2D eigenvalue weighted by atomic mass is 16.4. The number of nitrogens with zero attached hydrogens (tertiary/aromatic N) is 1. The van der Waals surface area contributed by atoms with Gasteiger partial charge in [-0.15, -0.1) is 0 Å². The molecule has 0 aliphatic rings. The SMILES string of the molecule is Cc1cnc(C(C)NC(=O)CNC(C)(C)C)o1. The Kier molecular flexibility index (Phi) is 4.28. The van der Waals surface area contributed by atoms with Crippen molar-refractivity contribution in [1.29, 1.82) is 0 Å². The van der Waals surface area contributed by atoms with E-state index in [2.05, 4.69) is 15.6 Å². The lowest BCUT2D eigenvalue weighted by molar-refractivity contribution is -0.121. The molecule has 1 rings (SSSR count). The van der Waals surface area contributed by atoms with E-state index in [0.717, 1.165) is 5.76 Å². The zero-order valence-corrected chi connectivity index (χ0v) is 11.1. The summed E-state index contributed by atoms with van der Waals surface area (Å²) in [7, 11) is 0. The molecule has 1 aromatic rings. The molecule has 0 aliphatic carbocycles. The molecule has 1 atom stereocenters. The Balaban J connectivity index is 2.41. The van der Waals surface area contributed by atoms with E-state index in [9.17, 15) is 4.79 Å². The first-order chi connectivity index (χ1) is 7.78. The predicted octanol–water partition coefficient (Wildman–Crippen LogP) is 1.55. The van der Waals surface area contributed by atoms with Crippen LogP contribution in [0.1, 0.15) is 45.4 Å². The first-order valence-electron chi connectivity index (χ1n) is 5.74. The summed E-state index contributed by atoms with van der Waals surface area (Å²) in [6, 6.07) is -0.210. The molecule has 0 spiro atoms. The second-order valence-corrected chi connectivity index (χ2v) is 5.20. The van der Waals surface area contributed by atoms with Gasteiger partial charge in [0.1, 0.15) is 11.8 Å². The van der Waals surface area contributed by atoms with Crippen molar-refractivity contribution in [2.24, 2.45) is 0 Å². The maximum atomic E-state index is 11.6. The number of nitrogens with one attached hydrogen (secondary N) is 2. The fourth-order valence-electron chi connectivity index (χ4n) is 1.27. The van der Waals surface area contributed by atoms with Crippen LogP contribution in [-0.4, -0.2) is 23.0 Å². The van der Waals surface area contributed by atoms with Gasteiger partial charge in [0.25, 0.3) is 0 Å². The number of hydrogen-bond acceptors (Lipinski definition) is 4. The summed E-state index contributed by atoms with van der Waals surface area (Å²) >= 11 is 0. The number of amides is 1. The van der Waals surface area contributed by atoms with Crippen molar-refractivity contribution < 1.29 is 9.21 Å². The van der Waals surface area contributed by atoms with Gasteiger partial charge in [-0.05, 0) is 34.6 Å². The predicted molar refractivity (Wildman–Crippen MR) is 65.6 cm³/mol. The number of aromatic nitrogens is 1. The average molecular weight is 239 g/mol. The van der Waals surface area contributed by atoms with Gasteiger partial charge in [0.05, 0.1) is 12.7 Å². The van der Waals surface area contributed by atoms with Crippen molar-refractivity contribution in [2.45, 2.75) is 46.2 Å². The Labute approximate surface area is 102 Å². The van der Waals surface area contributed by atoms with Crippen molar-refractivity contribution in [3.63, 3.8) is 0 Å². The molecule has 96 valence electrons. The van der Waals surface area contributed by atoms with Crippen LogP contribution < -0.4 is 10.6 Å². The van der Waals surface area contributed by atoms with Crippen LogP contribution in [0.4, 0.5) is 0 Å². The highest BCUT2D eigenvalue weighted by Crippen LogP contribution is 2.11. The molecule has 17 heavy (non-hydrogen) atoms. The molecule has 1 unspecified atom stereocenters. The molecule has 0 radical (unpaired) electrons. The molecule has 1 heterocycles. The van der Waals surface area contributed by atoms with Gasteiger partial charge in [-0.2, -0.15) is 0 Å². The van der Waals surface area contributed by atoms with Crippen LogP contribution in [0.3, 0.4) is 0 Å². The van der Waals surface area contributed by atoms with Crippen molar-refractivity contribution >= 4 is 5.91 Å². The first kappa shape index (κ1) is 13.7. The zero-order chi connectivity index (χ0) is 13.1. The average Bonchev–Trinajstić information content (AvgIpc) is 2.61. The molecule has 0 bridgehead atoms. The number of aryl methyl sites for hydroxylation is 1. The summed E-state index contributed by atoms with van der Waals surface area (Å²) in [6.45, 7) is 10.0. The van der Waals surface area contributed by atoms with Crippen molar-refractivity contribution in [2.75, 3.05) is 6.54 Å². The molecule has 0 aliphatic heterocycles. The van der Waals surface area contributed by atoms with Crippen LogP contribution in [0.5, 0.6) is 0 Å². The van der Waals surface area contributed by atoms with Crippen molar-refractivity contribution in [1.82, 2.24) is 15.6 Å². The minimum absolute atomic E-state index is 0.0664. The minimum atomic E-state index is -0.210. The van der Waals surface area contributed by atoms with Gasteiger partial charge in [0.15, 0.2) is 0 Å². The maximum Gasteiger partial charge on any atom is 0.234 e. The molecular formula is C12H21N3O2. The van der Waals surface area contributed by atoms with Crippen LogP contribution >= 0.6 is 0 Å². The Morgan fingerprint density at radius 2 is 2.18 bits per heavy atom. The van der Waals surface area contributed by atoms with E-state index in [0.29, 0.717) is 5.89 Å². The maximum absolute atomic E-state index is 11.6. The molecule has 5 nitrogen and oxygen atoms in total. The summed E-state index contributed by atoms with van der Waals surface area (Å²) in [5.41, 5.74) is -0.0693. The fourth-order valence-corrected chi connectivity index (χ4v) is 1.27. The van der Waals surface area contributed by atoms with Gasteiger partial charge in [0.2, 0.25) is 11.8 Å². The minimum Gasteiger partial charge on any atom is -0.444 e. The third-order valence-corrected chi connectivity index (χ3v) is 2.17. The summed E-state index contributed by atoms with van der Waals surface area (Å²) < 4.78 is 5.35. The molecule has 2 N–H and O–H groups in total. The van der Waals surface area contributed by atoms with E-state index in [1.165, 1.54) is 0 Å². The Morgan fingerprint density at radius 1 is 1.53 bits per heavy atom. The number of oxazole rings is 1. The van der Waals surface area contributed by atoms with E-state index < -0.39 is 0 Å². The Morgan fingerprint density at radius 3 is 2.65 bits per heavy atom. The monoisotopic (exact) mass is 239 g/mol. The molecule has 5 heteroatoms. The largest absolute Gasteiger partial charge is 0.444 e. The number of hydrogen-bond donors (Lipinski definition) is 2. The van der Waals surface area contributed by atoms with Crippen LogP contribution in [-0.2, 0) is 4.79 Å². The van der Waals surface area contributed by atoms with Gasteiger partial charge in [-0.1, -0.05) is 0 Å². The molecular weight excluding hydrogens is 218 g/mol. The summed E-state index contributed by atoms with van der Waals surface area (Å²) in [5.74, 6) is 1.21. The molecule has 0 aromatic carbocycles. The van der Waals surface area contributed by atoms with Crippen LogP contribution in [0.2, 0.25) is 0 Å². The lowest BCUT2D eigenvalue weighted by atomic mass is 10.1. The van der Waals surface area contributed by atoms with E-state index >= 15 is 0 Å². The van der Waals surface area contributed by atoms with Crippen molar-refractivity contribution in [3.05, 3.63) is 17.8 Å². The summed E-state index contributed by atoms with van der Waals surface area (Å²) in [5, 5.41) is 5.95. The molecule has 0 saturated carbocycles. The van der Waals surface area contributed by atoms with Crippen LogP contribution in [0.25, 0.3) is 0 Å². The third kappa shape index (κ3) is 4.99. The standard InChI is InChI=1S/C12H21N3O2/c1-8-6-13-11(17-8)9(2)15-10(16)7-14-12(3,4)5/h6,9,14H,7H2,1-5H3,(H,15,16). The smallest absolute Gasteiger partial charge is 0.234 e. The topological polar surface area (TPSA) is 67.2 Å². The van der Waals surface area contributed by atoms with Gasteiger partial charge in [-0.25, -0.2) is 4.98 Å². The summed E-state index contributed by atoms with van der Waals surface area (Å²) in [4.78, 5) is 15.7. The molecule has 1 aromatic heterocycles. The zero-order valence-electron chi connectivity index (χ0n) is 11.1. The molecule has 1 amide bonds. The highest BCUT2D eigenvalue weighted by Gasteiger charge is 2.16. The third-order valence-electron chi connectivity index (χ3n) is 2.17. The Hall–Kier alpha value is -1.36.